The first kappa shape index (κ1) is 20.2. The monoisotopic (exact) mass is 373 g/mol. The molecule has 1 aromatic carbocycles. The minimum absolute atomic E-state index is 0.0431. The second-order valence-corrected chi connectivity index (χ2v) is 6.02. The van der Waals surface area contributed by atoms with Crippen molar-refractivity contribution >= 4 is 17.5 Å². The van der Waals surface area contributed by atoms with Gasteiger partial charge in [-0.05, 0) is 18.2 Å². The Morgan fingerprint density at radius 1 is 1.27 bits per heavy atom. The molecule has 0 spiro atoms. The van der Waals surface area contributed by atoms with Crippen LogP contribution in [-0.4, -0.2) is 67.6 Å². The van der Waals surface area contributed by atoms with Crippen molar-refractivity contribution < 1.29 is 27.5 Å². The molecule has 26 heavy (non-hydrogen) atoms. The predicted octanol–water partition coefficient (Wildman–Crippen LogP) is 1.82. The van der Waals surface area contributed by atoms with Gasteiger partial charge in [-0.25, -0.2) is 0 Å². The van der Waals surface area contributed by atoms with Gasteiger partial charge < -0.3 is 15.0 Å². The van der Waals surface area contributed by atoms with E-state index in [0.717, 1.165) is 25.2 Å². The first-order valence-corrected chi connectivity index (χ1v) is 8.28. The van der Waals surface area contributed by atoms with Crippen LogP contribution in [0.1, 0.15) is 12.5 Å². The van der Waals surface area contributed by atoms with E-state index in [-0.39, 0.29) is 18.1 Å². The van der Waals surface area contributed by atoms with Crippen molar-refractivity contribution in [3.05, 3.63) is 29.8 Å². The minimum atomic E-state index is -4.48. The molecule has 2 amide bonds. The highest BCUT2D eigenvalue weighted by Crippen LogP contribution is 2.30. The van der Waals surface area contributed by atoms with E-state index in [1.165, 1.54) is 24.0 Å². The largest absolute Gasteiger partial charge is 0.416 e. The van der Waals surface area contributed by atoms with E-state index in [0.29, 0.717) is 26.3 Å². The number of hydrogen-bond acceptors (Lipinski definition) is 4. The molecule has 0 saturated carbocycles. The first-order valence-electron chi connectivity index (χ1n) is 8.28. The van der Waals surface area contributed by atoms with E-state index < -0.39 is 17.6 Å². The van der Waals surface area contributed by atoms with Gasteiger partial charge in [-0.3, -0.25) is 14.5 Å². The number of rotatable bonds is 6. The fourth-order valence-electron chi connectivity index (χ4n) is 2.58. The summed E-state index contributed by atoms with van der Waals surface area (Å²) >= 11 is 0. The fraction of sp³-hybridized carbons (Fsp3) is 0.529. The van der Waals surface area contributed by atoms with Gasteiger partial charge in [0.2, 0.25) is 11.8 Å². The SMILES string of the molecule is CC(=O)N(CCN1CCOCC1)CC(=O)Nc1cccc(C(F)(F)F)c1. The zero-order valence-electron chi connectivity index (χ0n) is 14.5. The van der Waals surface area contributed by atoms with Crippen molar-refractivity contribution in [2.45, 2.75) is 13.1 Å². The number of nitrogens with one attached hydrogen (secondary N) is 1. The van der Waals surface area contributed by atoms with Crippen LogP contribution in [0, 0.1) is 0 Å². The number of nitrogens with zero attached hydrogens (tertiary/aromatic N) is 2. The topological polar surface area (TPSA) is 61.9 Å². The number of carbonyl (C=O) groups excluding carboxylic acids is 2. The zero-order chi connectivity index (χ0) is 19.2. The molecule has 1 aliphatic heterocycles. The number of morpholine rings is 1. The summed E-state index contributed by atoms with van der Waals surface area (Å²) in [6.07, 6.45) is -4.48. The number of ether oxygens (including phenoxy) is 1. The molecule has 1 saturated heterocycles. The highest BCUT2D eigenvalue weighted by atomic mass is 19.4. The summed E-state index contributed by atoms with van der Waals surface area (Å²) < 4.78 is 43.4. The molecule has 1 aromatic rings. The van der Waals surface area contributed by atoms with Crippen LogP contribution in [-0.2, 0) is 20.5 Å². The summed E-state index contributed by atoms with van der Waals surface area (Å²) in [5.74, 6) is -0.807. The third kappa shape index (κ3) is 6.30. The van der Waals surface area contributed by atoms with Crippen molar-refractivity contribution in [1.29, 1.82) is 0 Å². The molecule has 9 heteroatoms. The lowest BCUT2D eigenvalue weighted by Gasteiger charge is -2.29. The number of amides is 2. The average Bonchev–Trinajstić information content (AvgIpc) is 2.58. The van der Waals surface area contributed by atoms with Crippen molar-refractivity contribution in [2.75, 3.05) is 51.3 Å². The predicted molar refractivity (Wildman–Crippen MR) is 89.6 cm³/mol. The molecule has 0 aliphatic carbocycles. The molecule has 6 nitrogen and oxygen atoms in total. The molecule has 0 bridgehead atoms. The fourth-order valence-corrected chi connectivity index (χ4v) is 2.58. The highest BCUT2D eigenvalue weighted by Gasteiger charge is 2.30. The summed E-state index contributed by atoms with van der Waals surface area (Å²) in [6.45, 7) is 4.93. The molecule has 0 atom stereocenters. The van der Waals surface area contributed by atoms with Crippen LogP contribution in [0.3, 0.4) is 0 Å². The van der Waals surface area contributed by atoms with E-state index >= 15 is 0 Å². The summed E-state index contributed by atoms with van der Waals surface area (Å²) in [6, 6.07) is 4.39. The molecule has 2 rings (SSSR count). The van der Waals surface area contributed by atoms with Gasteiger partial charge >= 0.3 is 6.18 Å². The molecular weight excluding hydrogens is 351 g/mol. The maximum absolute atomic E-state index is 12.7. The third-order valence-electron chi connectivity index (χ3n) is 4.04. The summed E-state index contributed by atoms with van der Waals surface area (Å²) in [4.78, 5) is 27.4. The molecular formula is C17H22F3N3O3. The van der Waals surface area contributed by atoms with E-state index in [2.05, 4.69) is 10.2 Å². The number of hydrogen-bond donors (Lipinski definition) is 1. The van der Waals surface area contributed by atoms with Gasteiger partial charge in [0, 0.05) is 38.8 Å². The Hall–Kier alpha value is -2.13. The molecule has 1 heterocycles. The highest BCUT2D eigenvalue weighted by molar-refractivity contribution is 5.94. The molecule has 1 aliphatic rings. The van der Waals surface area contributed by atoms with Gasteiger partial charge in [-0.1, -0.05) is 6.07 Å². The Morgan fingerprint density at radius 2 is 1.96 bits per heavy atom. The maximum Gasteiger partial charge on any atom is 0.416 e. The van der Waals surface area contributed by atoms with Crippen LogP contribution in [0.15, 0.2) is 24.3 Å². The Labute approximate surface area is 149 Å². The van der Waals surface area contributed by atoms with E-state index in [9.17, 15) is 22.8 Å². The van der Waals surface area contributed by atoms with Gasteiger partial charge in [0.1, 0.15) is 0 Å². The van der Waals surface area contributed by atoms with Crippen LogP contribution < -0.4 is 5.32 Å². The smallest absolute Gasteiger partial charge is 0.379 e. The maximum atomic E-state index is 12.7. The molecule has 0 aromatic heterocycles. The van der Waals surface area contributed by atoms with E-state index in [1.807, 2.05) is 0 Å². The molecule has 144 valence electrons. The van der Waals surface area contributed by atoms with Gasteiger partial charge in [0.15, 0.2) is 0 Å². The van der Waals surface area contributed by atoms with Gasteiger partial charge in [-0.2, -0.15) is 13.2 Å². The number of benzene rings is 1. The van der Waals surface area contributed by atoms with Crippen LogP contribution in [0.5, 0.6) is 0 Å². The lowest BCUT2D eigenvalue weighted by atomic mass is 10.2. The van der Waals surface area contributed by atoms with Crippen LogP contribution >= 0.6 is 0 Å². The Kier molecular flexibility index (Phi) is 6.98. The Bertz CT molecular complexity index is 631. The number of halogens is 3. The molecule has 1 N–H and O–H groups in total. The van der Waals surface area contributed by atoms with Crippen molar-refractivity contribution in [1.82, 2.24) is 9.80 Å². The number of alkyl halides is 3. The van der Waals surface area contributed by atoms with Crippen LogP contribution in [0.25, 0.3) is 0 Å². The minimum Gasteiger partial charge on any atom is -0.379 e. The molecule has 0 unspecified atom stereocenters. The van der Waals surface area contributed by atoms with Crippen LogP contribution in [0.2, 0.25) is 0 Å². The second-order valence-electron chi connectivity index (χ2n) is 6.02. The summed E-state index contributed by atoms with van der Waals surface area (Å²) in [5.41, 5.74) is -0.799. The second kappa shape index (κ2) is 9.00. The summed E-state index contributed by atoms with van der Waals surface area (Å²) in [5, 5.41) is 2.41. The normalized spacial score (nSPS) is 15.5. The van der Waals surface area contributed by atoms with E-state index in [1.54, 1.807) is 0 Å². The van der Waals surface area contributed by atoms with Gasteiger partial charge in [0.05, 0.1) is 25.3 Å². The Balaban J connectivity index is 1.90. The lowest BCUT2D eigenvalue weighted by molar-refractivity contribution is -0.137. The number of carbonyl (C=O) groups is 2. The van der Waals surface area contributed by atoms with Crippen molar-refractivity contribution in [3.63, 3.8) is 0 Å². The van der Waals surface area contributed by atoms with Crippen molar-refractivity contribution in [2.24, 2.45) is 0 Å². The van der Waals surface area contributed by atoms with Crippen molar-refractivity contribution in [3.8, 4) is 0 Å². The number of anilines is 1. The zero-order valence-corrected chi connectivity index (χ0v) is 14.5. The molecule has 0 radical (unpaired) electrons. The molecule has 1 fully saturated rings. The van der Waals surface area contributed by atoms with Crippen LogP contribution in [0.4, 0.5) is 18.9 Å². The first-order chi connectivity index (χ1) is 12.3. The standard InChI is InChI=1S/C17H22F3N3O3/c1-13(24)23(6-5-22-7-9-26-10-8-22)12-16(25)21-15-4-2-3-14(11-15)17(18,19)20/h2-4,11H,5-10,12H2,1H3,(H,21,25). The summed E-state index contributed by atoms with van der Waals surface area (Å²) in [7, 11) is 0. The quantitative estimate of drug-likeness (QED) is 0.827. The Morgan fingerprint density at radius 3 is 2.58 bits per heavy atom. The average molecular weight is 373 g/mol. The third-order valence-corrected chi connectivity index (χ3v) is 4.04. The van der Waals surface area contributed by atoms with Gasteiger partial charge in [-0.15, -0.1) is 0 Å². The van der Waals surface area contributed by atoms with E-state index in [4.69, 9.17) is 4.74 Å². The van der Waals surface area contributed by atoms with Gasteiger partial charge in [0.25, 0.3) is 0 Å². The lowest BCUT2D eigenvalue weighted by Crippen LogP contribution is -2.44.